The van der Waals surface area contributed by atoms with E-state index in [-0.39, 0.29) is 0 Å². The van der Waals surface area contributed by atoms with Gasteiger partial charge in [-0.05, 0) is 80.6 Å². The molecule has 8 aromatic carbocycles. The van der Waals surface area contributed by atoms with Crippen LogP contribution < -0.4 is 0 Å². The molecule has 2 aromatic heterocycles. The van der Waals surface area contributed by atoms with Crippen LogP contribution in [-0.2, 0) is 0 Å². The second-order valence-corrected chi connectivity index (χ2v) is 13.2. The van der Waals surface area contributed by atoms with Gasteiger partial charge in [0.25, 0.3) is 0 Å². The minimum absolute atomic E-state index is 0.622. The average Bonchev–Trinajstić information content (AvgIpc) is 3.67. The number of hydrogen-bond donors (Lipinski definition) is 0. The van der Waals surface area contributed by atoms with Crippen molar-refractivity contribution in [3.63, 3.8) is 0 Å². The molecule has 10 rings (SSSR count). The maximum absolute atomic E-state index is 6.13. The molecule has 4 nitrogen and oxygen atoms in total. The number of rotatable bonds is 6. The van der Waals surface area contributed by atoms with Crippen LogP contribution in [0.25, 0.3) is 100 Å². The van der Waals surface area contributed by atoms with E-state index in [1.165, 1.54) is 10.8 Å². The number of para-hydroxylation sites is 1. The van der Waals surface area contributed by atoms with E-state index in [2.05, 4.69) is 133 Å². The van der Waals surface area contributed by atoms with Crippen molar-refractivity contribution in [3.05, 3.63) is 188 Å². The van der Waals surface area contributed by atoms with Crippen LogP contribution in [0.2, 0.25) is 0 Å². The summed E-state index contributed by atoms with van der Waals surface area (Å²) in [6.45, 7) is 0. The molecular formula is C49H31N3O. The van der Waals surface area contributed by atoms with Crippen LogP contribution in [0, 0.1) is 0 Å². The Morgan fingerprint density at radius 2 is 1.02 bits per heavy atom. The summed E-state index contributed by atoms with van der Waals surface area (Å²) in [7, 11) is 0. The molecule has 0 amide bonds. The van der Waals surface area contributed by atoms with Crippen molar-refractivity contribution >= 4 is 32.8 Å². The number of aromatic nitrogens is 3. The van der Waals surface area contributed by atoms with Crippen LogP contribution in [0.3, 0.4) is 0 Å². The molecule has 0 saturated heterocycles. The van der Waals surface area contributed by atoms with Gasteiger partial charge < -0.3 is 4.42 Å². The van der Waals surface area contributed by atoms with Crippen LogP contribution in [0.1, 0.15) is 0 Å². The zero-order chi connectivity index (χ0) is 35.1. The van der Waals surface area contributed by atoms with E-state index in [1.807, 2.05) is 54.6 Å². The van der Waals surface area contributed by atoms with E-state index in [1.54, 1.807) is 0 Å². The first-order valence-electron chi connectivity index (χ1n) is 17.8. The molecule has 0 fully saturated rings. The van der Waals surface area contributed by atoms with Crippen LogP contribution in [0.5, 0.6) is 0 Å². The van der Waals surface area contributed by atoms with Crippen LogP contribution in [0.4, 0.5) is 0 Å². The van der Waals surface area contributed by atoms with Gasteiger partial charge in [-0.15, -0.1) is 0 Å². The summed E-state index contributed by atoms with van der Waals surface area (Å²) in [5.41, 5.74) is 13.1. The van der Waals surface area contributed by atoms with Gasteiger partial charge in [-0.2, -0.15) is 0 Å². The molecule has 0 N–H and O–H groups in total. The van der Waals surface area contributed by atoms with Gasteiger partial charge in [0.1, 0.15) is 5.52 Å². The molecule has 0 bridgehead atoms. The molecule has 0 aliphatic carbocycles. The fourth-order valence-electron chi connectivity index (χ4n) is 7.39. The first kappa shape index (κ1) is 30.6. The van der Waals surface area contributed by atoms with E-state index in [0.29, 0.717) is 11.7 Å². The molecule has 53 heavy (non-hydrogen) atoms. The fourth-order valence-corrected chi connectivity index (χ4v) is 7.39. The van der Waals surface area contributed by atoms with E-state index < -0.39 is 0 Å². The fraction of sp³-hybridized carbons (Fsp3) is 0. The molecule has 0 atom stereocenters. The molecule has 248 valence electrons. The van der Waals surface area contributed by atoms with Gasteiger partial charge in [-0.25, -0.2) is 15.0 Å². The quantitative estimate of drug-likeness (QED) is 0.176. The summed E-state index contributed by atoms with van der Waals surface area (Å²) in [4.78, 5) is 15.3. The predicted octanol–water partition coefficient (Wildman–Crippen LogP) is 12.9. The van der Waals surface area contributed by atoms with Crippen molar-refractivity contribution in [2.45, 2.75) is 0 Å². The SMILES string of the molecule is c1ccc(-c2nc3cc(-c4cccc(-c5ccc6ccccc6c5-c5ccccc5-c5nc(-c6ccccc6)c6ccccc6n5)c4)ccc3o2)cc1. The summed E-state index contributed by atoms with van der Waals surface area (Å²) in [6, 6.07) is 65.3. The molecule has 0 saturated carbocycles. The van der Waals surface area contributed by atoms with Crippen molar-refractivity contribution in [1.29, 1.82) is 0 Å². The second-order valence-electron chi connectivity index (χ2n) is 13.2. The van der Waals surface area contributed by atoms with Gasteiger partial charge in [0, 0.05) is 22.1 Å². The van der Waals surface area contributed by atoms with Gasteiger partial charge in [-0.3, -0.25) is 0 Å². The Morgan fingerprint density at radius 1 is 0.358 bits per heavy atom. The molecule has 0 aliphatic rings. The van der Waals surface area contributed by atoms with E-state index in [4.69, 9.17) is 19.4 Å². The molecule has 10 aromatic rings. The highest BCUT2D eigenvalue weighted by atomic mass is 16.3. The van der Waals surface area contributed by atoms with E-state index >= 15 is 0 Å². The van der Waals surface area contributed by atoms with Gasteiger partial charge in [0.05, 0.1) is 11.2 Å². The smallest absolute Gasteiger partial charge is 0.227 e. The summed E-state index contributed by atoms with van der Waals surface area (Å²) in [5, 5.41) is 3.37. The van der Waals surface area contributed by atoms with Crippen LogP contribution >= 0.6 is 0 Å². The molecule has 0 aliphatic heterocycles. The summed E-state index contributed by atoms with van der Waals surface area (Å²) >= 11 is 0. The minimum atomic E-state index is 0.622. The lowest BCUT2D eigenvalue weighted by Crippen LogP contribution is -1.97. The maximum atomic E-state index is 6.13. The molecular weight excluding hydrogens is 647 g/mol. The zero-order valence-electron chi connectivity index (χ0n) is 28.6. The van der Waals surface area contributed by atoms with Crippen molar-refractivity contribution < 1.29 is 4.42 Å². The summed E-state index contributed by atoms with van der Waals surface area (Å²) in [5.74, 6) is 1.32. The maximum Gasteiger partial charge on any atom is 0.227 e. The summed E-state index contributed by atoms with van der Waals surface area (Å²) in [6.07, 6.45) is 0. The standard InChI is InChI=1S/C49H31N3O/c1-3-15-33(16-4-1)47-42-24-11-12-25-43(42)50-48(52-47)41-23-10-9-22-40(41)46-38-21-8-7-14-32(38)26-28-39(46)37-20-13-19-35(30-37)36-27-29-45-44(31-36)51-49(53-45)34-17-5-2-6-18-34/h1-31H. The Balaban J connectivity index is 1.14. The second kappa shape index (κ2) is 12.9. The first-order valence-corrected chi connectivity index (χ1v) is 17.8. The Kier molecular flexibility index (Phi) is 7.43. The third-order valence-electron chi connectivity index (χ3n) is 9.93. The normalized spacial score (nSPS) is 11.4. The van der Waals surface area contributed by atoms with Crippen LogP contribution in [-0.4, -0.2) is 15.0 Å². The number of hydrogen-bond acceptors (Lipinski definition) is 4. The zero-order valence-corrected chi connectivity index (χ0v) is 28.6. The lowest BCUT2D eigenvalue weighted by molar-refractivity contribution is 0.620. The third-order valence-corrected chi connectivity index (χ3v) is 9.93. The largest absolute Gasteiger partial charge is 0.436 e. The lowest BCUT2D eigenvalue weighted by atomic mass is 9.86. The van der Waals surface area contributed by atoms with Gasteiger partial charge in [-0.1, -0.05) is 152 Å². The van der Waals surface area contributed by atoms with Gasteiger partial charge in [0.2, 0.25) is 5.89 Å². The Labute approximate surface area is 306 Å². The Morgan fingerprint density at radius 3 is 1.87 bits per heavy atom. The highest BCUT2D eigenvalue weighted by Crippen LogP contribution is 2.43. The monoisotopic (exact) mass is 677 g/mol. The van der Waals surface area contributed by atoms with Crippen molar-refractivity contribution in [1.82, 2.24) is 15.0 Å². The molecule has 0 unspecified atom stereocenters. The van der Waals surface area contributed by atoms with Crippen LogP contribution in [0.15, 0.2) is 192 Å². The molecule has 0 spiro atoms. The third kappa shape index (κ3) is 5.54. The van der Waals surface area contributed by atoms with Gasteiger partial charge >= 0.3 is 0 Å². The average molecular weight is 678 g/mol. The number of oxazole rings is 1. The number of fused-ring (bicyclic) bond motifs is 3. The molecule has 0 radical (unpaired) electrons. The van der Waals surface area contributed by atoms with E-state index in [0.717, 1.165) is 77.8 Å². The van der Waals surface area contributed by atoms with Crippen molar-refractivity contribution in [3.8, 4) is 67.5 Å². The lowest BCUT2D eigenvalue weighted by Gasteiger charge is -2.18. The summed E-state index contributed by atoms with van der Waals surface area (Å²) < 4.78 is 6.13. The predicted molar refractivity (Wildman–Crippen MR) is 217 cm³/mol. The Bertz CT molecular complexity index is 2950. The topological polar surface area (TPSA) is 51.8 Å². The number of benzene rings is 8. The van der Waals surface area contributed by atoms with Gasteiger partial charge in [0.15, 0.2) is 11.4 Å². The van der Waals surface area contributed by atoms with Crippen molar-refractivity contribution in [2.75, 3.05) is 0 Å². The highest BCUT2D eigenvalue weighted by Gasteiger charge is 2.19. The Hall–Kier alpha value is -7.17. The van der Waals surface area contributed by atoms with Crippen molar-refractivity contribution in [2.24, 2.45) is 0 Å². The highest BCUT2D eigenvalue weighted by molar-refractivity contribution is 6.07. The van der Waals surface area contributed by atoms with E-state index in [9.17, 15) is 0 Å². The number of nitrogens with zero attached hydrogens (tertiary/aromatic N) is 3. The molecule has 2 heterocycles. The minimum Gasteiger partial charge on any atom is -0.436 e. The first-order chi connectivity index (χ1) is 26.3. The molecule has 4 heteroatoms.